The molecular formula is C11H13N3O2S2. The average molecular weight is 283 g/mol. The van der Waals surface area contributed by atoms with Crippen molar-refractivity contribution in [1.82, 2.24) is 10.2 Å². The highest BCUT2D eigenvalue weighted by Crippen LogP contribution is 2.23. The van der Waals surface area contributed by atoms with E-state index in [1.165, 1.54) is 17.6 Å². The topological polar surface area (TPSA) is 85.9 Å². The molecule has 2 rings (SSSR count). The van der Waals surface area contributed by atoms with Gasteiger partial charge in [0, 0.05) is 6.26 Å². The Bertz CT molecular complexity index is 623. The Morgan fingerprint density at radius 3 is 2.56 bits per heavy atom. The third-order valence-electron chi connectivity index (χ3n) is 2.29. The van der Waals surface area contributed by atoms with Crippen molar-refractivity contribution in [2.24, 2.45) is 5.73 Å². The van der Waals surface area contributed by atoms with Crippen molar-refractivity contribution in [2.45, 2.75) is 11.8 Å². The molecule has 5 nitrogen and oxygen atoms in total. The number of nitrogens with zero attached hydrogens (tertiary/aromatic N) is 2. The molecule has 0 fully saturated rings. The summed E-state index contributed by atoms with van der Waals surface area (Å²) in [5.74, 6) is -0.0911. The molecule has 0 aliphatic carbocycles. The van der Waals surface area contributed by atoms with Gasteiger partial charge in [0.25, 0.3) is 0 Å². The van der Waals surface area contributed by atoms with Crippen molar-refractivity contribution in [2.75, 3.05) is 6.26 Å². The van der Waals surface area contributed by atoms with Crippen LogP contribution in [0.1, 0.15) is 21.6 Å². The molecule has 1 heterocycles. The van der Waals surface area contributed by atoms with Gasteiger partial charge in [-0.25, -0.2) is 8.42 Å². The maximum Gasteiger partial charge on any atom is 0.154 e. The van der Waals surface area contributed by atoms with Gasteiger partial charge in [0.05, 0.1) is 6.04 Å². The Morgan fingerprint density at radius 2 is 1.94 bits per heavy atom. The maximum absolute atomic E-state index is 11.2. The molecule has 0 saturated carbocycles. The fourth-order valence-electron chi connectivity index (χ4n) is 1.48. The zero-order chi connectivity index (χ0) is 13.2. The summed E-state index contributed by atoms with van der Waals surface area (Å²) in [6.07, 6.45) is 1.17. The third kappa shape index (κ3) is 3.34. The molecular weight excluding hydrogens is 270 g/mol. The average Bonchev–Trinajstić information content (AvgIpc) is 2.75. The number of hydrogen-bond donors (Lipinski definition) is 1. The lowest BCUT2D eigenvalue weighted by atomic mass is 10.1. The van der Waals surface area contributed by atoms with Crippen LogP contribution in [0.15, 0.2) is 30.3 Å². The lowest BCUT2D eigenvalue weighted by molar-refractivity contribution is 0.600. The first-order valence-corrected chi connectivity index (χ1v) is 8.14. The Morgan fingerprint density at radius 1 is 1.28 bits per heavy atom. The second kappa shape index (κ2) is 5.13. The molecule has 1 aromatic carbocycles. The molecule has 1 unspecified atom stereocenters. The Kier molecular flexibility index (Phi) is 3.74. The number of benzene rings is 1. The number of rotatable bonds is 4. The summed E-state index contributed by atoms with van der Waals surface area (Å²) in [6.45, 7) is 0. The van der Waals surface area contributed by atoms with E-state index in [0.29, 0.717) is 10.0 Å². The van der Waals surface area contributed by atoms with Gasteiger partial charge in [-0.15, -0.1) is 10.2 Å². The van der Waals surface area contributed by atoms with Gasteiger partial charge in [-0.3, -0.25) is 0 Å². The minimum absolute atomic E-state index is 0.0911. The lowest BCUT2D eigenvalue weighted by Crippen LogP contribution is -2.11. The van der Waals surface area contributed by atoms with E-state index < -0.39 is 9.84 Å². The molecule has 2 aromatic rings. The van der Waals surface area contributed by atoms with Gasteiger partial charge in [-0.2, -0.15) is 0 Å². The molecule has 2 N–H and O–H groups in total. The van der Waals surface area contributed by atoms with Gasteiger partial charge in [0.2, 0.25) is 0 Å². The van der Waals surface area contributed by atoms with Crippen LogP contribution >= 0.6 is 11.3 Å². The summed E-state index contributed by atoms with van der Waals surface area (Å²) < 4.78 is 22.3. The molecule has 0 saturated heterocycles. The van der Waals surface area contributed by atoms with E-state index in [1.54, 1.807) is 0 Å². The Labute approximate surface area is 110 Å². The van der Waals surface area contributed by atoms with Crippen molar-refractivity contribution < 1.29 is 8.42 Å². The molecule has 0 radical (unpaired) electrons. The van der Waals surface area contributed by atoms with Gasteiger partial charge in [-0.05, 0) is 5.56 Å². The highest BCUT2D eigenvalue weighted by molar-refractivity contribution is 7.90. The third-order valence-corrected chi connectivity index (χ3v) is 4.28. The first-order chi connectivity index (χ1) is 8.46. The summed E-state index contributed by atoms with van der Waals surface area (Å²) in [5, 5.41) is 8.91. The summed E-state index contributed by atoms with van der Waals surface area (Å²) in [5.41, 5.74) is 6.98. The molecule has 0 amide bonds. The minimum atomic E-state index is -3.09. The van der Waals surface area contributed by atoms with Crippen LogP contribution < -0.4 is 5.73 Å². The molecule has 0 aliphatic heterocycles. The second-order valence-electron chi connectivity index (χ2n) is 3.99. The van der Waals surface area contributed by atoms with E-state index in [-0.39, 0.29) is 11.8 Å². The molecule has 96 valence electrons. The molecule has 1 aromatic heterocycles. The van der Waals surface area contributed by atoms with Crippen molar-refractivity contribution in [3.05, 3.63) is 45.9 Å². The van der Waals surface area contributed by atoms with E-state index in [9.17, 15) is 8.42 Å². The highest BCUT2D eigenvalue weighted by atomic mass is 32.2. The standard InChI is InChI=1S/C11H13N3O2S2/c1-18(15,16)7-9-13-14-11(17-9)10(12)8-5-3-2-4-6-8/h2-6,10H,7,12H2,1H3. The normalized spacial score (nSPS) is 13.4. The zero-order valence-corrected chi connectivity index (χ0v) is 11.4. The first kappa shape index (κ1) is 13.1. The van der Waals surface area contributed by atoms with Crippen molar-refractivity contribution >= 4 is 21.2 Å². The van der Waals surface area contributed by atoms with E-state index in [0.717, 1.165) is 5.56 Å². The van der Waals surface area contributed by atoms with E-state index >= 15 is 0 Å². The number of hydrogen-bond acceptors (Lipinski definition) is 6. The van der Waals surface area contributed by atoms with Crippen molar-refractivity contribution in [3.8, 4) is 0 Å². The molecule has 0 bridgehead atoms. The maximum atomic E-state index is 11.2. The first-order valence-electron chi connectivity index (χ1n) is 5.26. The predicted octanol–water partition coefficient (Wildman–Crippen LogP) is 1.13. The molecule has 18 heavy (non-hydrogen) atoms. The number of nitrogens with two attached hydrogens (primary N) is 1. The van der Waals surface area contributed by atoms with Gasteiger partial charge < -0.3 is 5.73 Å². The van der Waals surface area contributed by atoms with E-state index in [2.05, 4.69) is 10.2 Å². The minimum Gasteiger partial charge on any atom is -0.318 e. The fraction of sp³-hybridized carbons (Fsp3) is 0.273. The predicted molar refractivity (Wildman–Crippen MR) is 70.9 cm³/mol. The van der Waals surface area contributed by atoms with Crippen LogP contribution in [0.2, 0.25) is 0 Å². The molecule has 0 aliphatic rings. The molecule has 7 heteroatoms. The number of sulfone groups is 1. The van der Waals surface area contributed by atoms with Crippen molar-refractivity contribution in [3.63, 3.8) is 0 Å². The van der Waals surface area contributed by atoms with Crippen LogP contribution in [-0.4, -0.2) is 24.9 Å². The largest absolute Gasteiger partial charge is 0.318 e. The van der Waals surface area contributed by atoms with Gasteiger partial charge in [0.1, 0.15) is 15.8 Å². The van der Waals surface area contributed by atoms with Crippen molar-refractivity contribution in [1.29, 1.82) is 0 Å². The summed E-state index contributed by atoms with van der Waals surface area (Å²) >= 11 is 1.24. The Hall–Kier alpha value is -1.31. The van der Waals surface area contributed by atoms with Crippen LogP contribution in [0, 0.1) is 0 Å². The number of aromatic nitrogens is 2. The summed E-state index contributed by atoms with van der Waals surface area (Å²) in [7, 11) is -3.09. The van der Waals surface area contributed by atoms with E-state index in [4.69, 9.17) is 5.73 Å². The molecule has 0 spiro atoms. The Balaban J connectivity index is 2.20. The van der Waals surface area contributed by atoms with Gasteiger partial charge >= 0.3 is 0 Å². The second-order valence-corrected chi connectivity index (χ2v) is 7.23. The monoisotopic (exact) mass is 283 g/mol. The fourth-order valence-corrected chi connectivity index (χ4v) is 3.53. The summed E-state index contributed by atoms with van der Waals surface area (Å²) in [6, 6.07) is 9.15. The quantitative estimate of drug-likeness (QED) is 0.909. The van der Waals surface area contributed by atoms with E-state index in [1.807, 2.05) is 30.3 Å². The van der Waals surface area contributed by atoms with Crippen LogP contribution in [-0.2, 0) is 15.6 Å². The van der Waals surface area contributed by atoms with Crippen LogP contribution in [0.4, 0.5) is 0 Å². The molecule has 1 atom stereocenters. The highest BCUT2D eigenvalue weighted by Gasteiger charge is 2.16. The van der Waals surface area contributed by atoms with Gasteiger partial charge in [-0.1, -0.05) is 41.7 Å². The summed E-state index contributed by atoms with van der Waals surface area (Å²) in [4.78, 5) is 0. The van der Waals surface area contributed by atoms with Crippen LogP contribution in [0.3, 0.4) is 0 Å². The zero-order valence-electron chi connectivity index (χ0n) is 9.78. The lowest BCUT2D eigenvalue weighted by Gasteiger charge is -2.06. The van der Waals surface area contributed by atoms with Crippen LogP contribution in [0.5, 0.6) is 0 Å². The van der Waals surface area contributed by atoms with Gasteiger partial charge in [0.15, 0.2) is 9.84 Å². The SMILES string of the molecule is CS(=O)(=O)Cc1nnc(C(N)c2ccccc2)s1. The smallest absolute Gasteiger partial charge is 0.154 e. The van der Waals surface area contributed by atoms with Crippen LogP contribution in [0.25, 0.3) is 0 Å².